The molecule has 106 valence electrons. The van der Waals surface area contributed by atoms with Gasteiger partial charge in [0.25, 0.3) is 0 Å². The average molecular weight is 279 g/mol. The minimum Gasteiger partial charge on any atom is -0.480 e. The van der Waals surface area contributed by atoms with E-state index in [0.717, 1.165) is 11.0 Å². The number of urea groups is 1. The van der Waals surface area contributed by atoms with E-state index in [2.05, 4.69) is 5.32 Å². The maximum atomic E-state index is 13.4. The van der Waals surface area contributed by atoms with Crippen molar-refractivity contribution >= 4 is 17.7 Å². The predicted molar refractivity (Wildman–Crippen MR) is 69.6 cm³/mol. The quantitative estimate of drug-likeness (QED) is 0.885. The van der Waals surface area contributed by atoms with E-state index in [4.69, 9.17) is 10.4 Å². The van der Waals surface area contributed by atoms with Gasteiger partial charge in [-0.05, 0) is 26.0 Å². The van der Waals surface area contributed by atoms with Crippen molar-refractivity contribution in [3.8, 4) is 6.07 Å². The van der Waals surface area contributed by atoms with Gasteiger partial charge >= 0.3 is 12.0 Å². The van der Waals surface area contributed by atoms with Crippen LogP contribution in [0.25, 0.3) is 0 Å². The van der Waals surface area contributed by atoms with Crippen LogP contribution in [0.3, 0.4) is 0 Å². The average Bonchev–Trinajstić information content (AvgIpc) is 2.37. The molecule has 20 heavy (non-hydrogen) atoms. The van der Waals surface area contributed by atoms with Crippen LogP contribution in [0.1, 0.15) is 19.4 Å². The Labute approximate surface area is 115 Å². The summed E-state index contributed by atoms with van der Waals surface area (Å²) in [5, 5.41) is 20.2. The van der Waals surface area contributed by atoms with Gasteiger partial charge in [0.05, 0.1) is 5.69 Å². The number of carbonyl (C=O) groups is 2. The van der Waals surface area contributed by atoms with Gasteiger partial charge < -0.3 is 15.3 Å². The van der Waals surface area contributed by atoms with Crippen LogP contribution in [-0.2, 0) is 4.79 Å². The number of amides is 2. The Kier molecular flexibility index (Phi) is 4.30. The van der Waals surface area contributed by atoms with Crippen molar-refractivity contribution in [2.24, 2.45) is 0 Å². The Morgan fingerprint density at radius 2 is 2.05 bits per heavy atom. The van der Waals surface area contributed by atoms with Crippen LogP contribution in [0, 0.1) is 17.1 Å². The van der Waals surface area contributed by atoms with Crippen molar-refractivity contribution in [1.82, 2.24) is 4.90 Å². The summed E-state index contributed by atoms with van der Waals surface area (Å²) < 4.78 is 13.4. The lowest BCUT2D eigenvalue weighted by molar-refractivity contribution is -0.146. The summed E-state index contributed by atoms with van der Waals surface area (Å²) in [4.78, 5) is 24.0. The van der Waals surface area contributed by atoms with Crippen molar-refractivity contribution in [2.45, 2.75) is 19.4 Å². The molecule has 0 saturated carbocycles. The fourth-order valence-corrected chi connectivity index (χ4v) is 1.34. The number of carbonyl (C=O) groups excluding carboxylic acids is 1. The zero-order chi connectivity index (χ0) is 15.5. The largest absolute Gasteiger partial charge is 0.480 e. The van der Waals surface area contributed by atoms with Gasteiger partial charge in [0.1, 0.15) is 23.0 Å². The molecule has 0 spiro atoms. The van der Waals surface area contributed by atoms with Gasteiger partial charge in [0, 0.05) is 7.05 Å². The van der Waals surface area contributed by atoms with Crippen molar-refractivity contribution in [1.29, 1.82) is 5.26 Å². The molecule has 6 nitrogen and oxygen atoms in total. The monoisotopic (exact) mass is 279 g/mol. The van der Waals surface area contributed by atoms with Gasteiger partial charge in [0.2, 0.25) is 0 Å². The van der Waals surface area contributed by atoms with E-state index in [0.29, 0.717) is 0 Å². The molecule has 0 aromatic heterocycles. The molecule has 0 heterocycles. The third-order valence-electron chi connectivity index (χ3n) is 3.03. The third kappa shape index (κ3) is 2.85. The molecular weight excluding hydrogens is 265 g/mol. The summed E-state index contributed by atoms with van der Waals surface area (Å²) in [5.41, 5.74) is -1.75. The van der Waals surface area contributed by atoms with E-state index < -0.39 is 23.4 Å². The molecular formula is C13H14FN3O3. The van der Waals surface area contributed by atoms with E-state index in [1.54, 1.807) is 6.07 Å². The smallest absolute Gasteiger partial charge is 0.329 e. The van der Waals surface area contributed by atoms with Crippen LogP contribution in [0.5, 0.6) is 0 Å². The van der Waals surface area contributed by atoms with E-state index in [9.17, 15) is 14.0 Å². The van der Waals surface area contributed by atoms with E-state index in [1.807, 2.05) is 0 Å². The van der Waals surface area contributed by atoms with Crippen LogP contribution >= 0.6 is 0 Å². The molecule has 0 aliphatic rings. The number of likely N-dealkylation sites (N-methyl/N-ethyl adjacent to an activating group) is 1. The fourth-order valence-electron chi connectivity index (χ4n) is 1.34. The van der Waals surface area contributed by atoms with Gasteiger partial charge in [-0.25, -0.2) is 14.0 Å². The first kappa shape index (κ1) is 15.4. The Hall–Kier alpha value is -2.62. The molecule has 2 N–H and O–H groups in total. The number of anilines is 1. The number of benzene rings is 1. The lowest BCUT2D eigenvalue weighted by Crippen LogP contribution is -2.52. The highest BCUT2D eigenvalue weighted by molar-refractivity contribution is 5.94. The van der Waals surface area contributed by atoms with E-state index in [1.165, 1.54) is 33.0 Å². The van der Waals surface area contributed by atoms with Gasteiger partial charge in [-0.3, -0.25) is 0 Å². The summed E-state index contributed by atoms with van der Waals surface area (Å²) >= 11 is 0. The maximum Gasteiger partial charge on any atom is 0.329 e. The van der Waals surface area contributed by atoms with Gasteiger partial charge in [-0.15, -0.1) is 0 Å². The first-order valence-corrected chi connectivity index (χ1v) is 5.68. The van der Waals surface area contributed by atoms with Crippen molar-refractivity contribution in [2.75, 3.05) is 12.4 Å². The van der Waals surface area contributed by atoms with Crippen LogP contribution < -0.4 is 5.32 Å². The van der Waals surface area contributed by atoms with Crippen LogP contribution in [0.4, 0.5) is 14.9 Å². The Morgan fingerprint density at radius 1 is 1.45 bits per heavy atom. The summed E-state index contributed by atoms with van der Waals surface area (Å²) in [6.07, 6.45) is 0. The van der Waals surface area contributed by atoms with Gasteiger partial charge in [0.15, 0.2) is 0 Å². The van der Waals surface area contributed by atoms with Crippen molar-refractivity contribution in [3.63, 3.8) is 0 Å². The normalized spacial score (nSPS) is 10.6. The van der Waals surface area contributed by atoms with Gasteiger partial charge in [-0.1, -0.05) is 6.07 Å². The second-order valence-electron chi connectivity index (χ2n) is 4.63. The molecule has 7 heteroatoms. The van der Waals surface area contributed by atoms with Gasteiger partial charge in [-0.2, -0.15) is 5.26 Å². The van der Waals surface area contributed by atoms with Crippen LogP contribution in [0.15, 0.2) is 18.2 Å². The Morgan fingerprint density at radius 3 is 2.55 bits per heavy atom. The zero-order valence-corrected chi connectivity index (χ0v) is 11.3. The molecule has 0 aliphatic heterocycles. The molecule has 1 aromatic carbocycles. The highest BCUT2D eigenvalue weighted by Gasteiger charge is 2.35. The number of hydrogen-bond acceptors (Lipinski definition) is 3. The Bertz CT molecular complexity index is 593. The number of halogens is 1. The Balaban J connectivity index is 3.01. The second-order valence-corrected chi connectivity index (χ2v) is 4.63. The fraction of sp³-hybridized carbons (Fsp3) is 0.308. The first-order chi connectivity index (χ1) is 9.21. The number of rotatable bonds is 3. The number of nitrogens with one attached hydrogen (secondary N) is 1. The zero-order valence-electron chi connectivity index (χ0n) is 11.3. The molecule has 0 saturated heterocycles. The van der Waals surface area contributed by atoms with Crippen LogP contribution in [0.2, 0.25) is 0 Å². The van der Waals surface area contributed by atoms with Crippen molar-refractivity contribution in [3.05, 3.63) is 29.6 Å². The highest BCUT2D eigenvalue weighted by Crippen LogP contribution is 2.20. The number of nitrogens with zero attached hydrogens (tertiary/aromatic N) is 2. The second kappa shape index (κ2) is 5.57. The molecule has 1 aromatic rings. The standard InChI is InChI=1S/C13H14FN3O3/c1-13(2,11(18)19)17(3)12(20)16-10-6-4-5-9(14)8(10)7-15/h4-6H,1-3H3,(H,16,20)(H,18,19). The SMILES string of the molecule is CN(C(=O)Nc1cccc(F)c1C#N)C(C)(C)C(=O)O. The van der Waals surface area contributed by atoms with Crippen LogP contribution in [-0.4, -0.2) is 34.6 Å². The number of carboxylic acids is 1. The molecule has 0 bridgehead atoms. The van der Waals surface area contributed by atoms with E-state index in [-0.39, 0.29) is 11.3 Å². The molecule has 0 aliphatic carbocycles. The minimum atomic E-state index is -1.44. The molecule has 0 unspecified atom stereocenters. The molecule has 0 radical (unpaired) electrons. The predicted octanol–water partition coefficient (Wildman–Crippen LogP) is 2.02. The molecule has 0 atom stereocenters. The number of hydrogen-bond donors (Lipinski definition) is 2. The molecule has 0 fully saturated rings. The maximum absolute atomic E-state index is 13.4. The topological polar surface area (TPSA) is 93.4 Å². The summed E-state index contributed by atoms with van der Waals surface area (Å²) in [6.45, 7) is 2.71. The number of nitriles is 1. The molecule has 2 amide bonds. The first-order valence-electron chi connectivity index (χ1n) is 5.68. The van der Waals surface area contributed by atoms with Crippen molar-refractivity contribution < 1.29 is 19.1 Å². The lowest BCUT2D eigenvalue weighted by Gasteiger charge is -2.31. The highest BCUT2D eigenvalue weighted by atomic mass is 19.1. The number of aliphatic carboxylic acids is 1. The number of carboxylic acid groups (broad SMARTS) is 1. The minimum absolute atomic E-state index is 0.00876. The summed E-state index contributed by atoms with van der Waals surface area (Å²) in [5.74, 6) is -1.94. The lowest BCUT2D eigenvalue weighted by atomic mass is 10.0. The third-order valence-corrected chi connectivity index (χ3v) is 3.03. The molecule has 1 rings (SSSR count). The summed E-state index contributed by atoms with van der Waals surface area (Å²) in [6, 6.07) is 4.69. The summed E-state index contributed by atoms with van der Waals surface area (Å²) in [7, 11) is 1.30. The van der Waals surface area contributed by atoms with E-state index >= 15 is 0 Å².